The van der Waals surface area contributed by atoms with Gasteiger partial charge in [-0.2, -0.15) is 5.10 Å². The molecule has 0 aliphatic heterocycles. The van der Waals surface area contributed by atoms with Gasteiger partial charge in [0, 0.05) is 13.1 Å². The smallest absolute Gasteiger partial charge is 0.158 e. The van der Waals surface area contributed by atoms with Crippen molar-refractivity contribution in [2.24, 2.45) is 13.0 Å². The fourth-order valence-electron chi connectivity index (χ4n) is 3.92. The van der Waals surface area contributed by atoms with Gasteiger partial charge in [0.05, 0.1) is 11.6 Å². The van der Waals surface area contributed by atoms with Gasteiger partial charge in [-0.15, -0.1) is 11.6 Å². The summed E-state index contributed by atoms with van der Waals surface area (Å²) in [6.45, 7) is 4.31. The Hall–Kier alpha value is -1.03. The van der Waals surface area contributed by atoms with Gasteiger partial charge in [-0.1, -0.05) is 19.8 Å². The van der Waals surface area contributed by atoms with E-state index in [1.54, 1.807) is 0 Å². The molecule has 1 aliphatic rings. The van der Waals surface area contributed by atoms with E-state index in [1.165, 1.54) is 38.5 Å². The average molecular weight is 309 g/mol. The third kappa shape index (κ3) is 2.59. The Morgan fingerprint density at radius 2 is 1.95 bits per heavy atom. The van der Waals surface area contributed by atoms with Crippen LogP contribution >= 0.6 is 11.6 Å². The van der Waals surface area contributed by atoms with Gasteiger partial charge in [0.1, 0.15) is 11.3 Å². The molecule has 2 aromatic heterocycles. The fourth-order valence-corrected chi connectivity index (χ4v) is 4.11. The van der Waals surface area contributed by atoms with Crippen molar-refractivity contribution < 1.29 is 0 Å². The summed E-state index contributed by atoms with van der Waals surface area (Å²) in [5, 5.41) is 4.52. The zero-order valence-corrected chi connectivity index (χ0v) is 14.0. The molecule has 0 spiro atoms. The molecule has 4 nitrogen and oxygen atoms in total. The number of fused-ring (bicyclic) bond motifs is 1. The number of hydrogen-bond donors (Lipinski definition) is 0. The van der Waals surface area contributed by atoms with E-state index in [9.17, 15) is 0 Å². The predicted molar refractivity (Wildman–Crippen MR) is 86.7 cm³/mol. The minimum absolute atomic E-state index is 0.475. The summed E-state index contributed by atoms with van der Waals surface area (Å²) in [6.07, 6.45) is 7.82. The average Bonchev–Trinajstić information content (AvgIpc) is 2.99. The highest BCUT2D eigenvalue weighted by molar-refractivity contribution is 6.16. The topological polar surface area (TPSA) is 35.6 Å². The molecule has 0 N–H and O–H groups in total. The first-order chi connectivity index (χ1) is 10.2. The van der Waals surface area contributed by atoms with Gasteiger partial charge in [0.15, 0.2) is 5.65 Å². The molecule has 1 saturated carbocycles. The SMILES string of the molecule is CCCC1CCC(n2c(CCl)nc3c(C)nn(C)c32)CC1. The summed E-state index contributed by atoms with van der Waals surface area (Å²) in [7, 11) is 2.01. The van der Waals surface area contributed by atoms with Crippen molar-refractivity contribution in [3.8, 4) is 0 Å². The van der Waals surface area contributed by atoms with E-state index < -0.39 is 0 Å². The summed E-state index contributed by atoms with van der Waals surface area (Å²) >= 11 is 6.15. The number of rotatable bonds is 4. The van der Waals surface area contributed by atoms with Gasteiger partial charge >= 0.3 is 0 Å². The summed E-state index contributed by atoms with van der Waals surface area (Å²) in [5.41, 5.74) is 3.16. The first kappa shape index (κ1) is 14.9. The molecular formula is C16H25ClN4. The summed E-state index contributed by atoms with van der Waals surface area (Å²) in [4.78, 5) is 4.73. The van der Waals surface area contributed by atoms with Crippen LogP contribution in [0.4, 0.5) is 0 Å². The Morgan fingerprint density at radius 3 is 2.57 bits per heavy atom. The van der Waals surface area contributed by atoms with Crippen LogP contribution in [0.1, 0.15) is 63.0 Å². The van der Waals surface area contributed by atoms with E-state index >= 15 is 0 Å². The molecule has 0 atom stereocenters. The highest BCUT2D eigenvalue weighted by Gasteiger charge is 2.27. The largest absolute Gasteiger partial charge is 0.309 e. The molecule has 2 heterocycles. The Balaban J connectivity index is 1.93. The zero-order chi connectivity index (χ0) is 15.0. The van der Waals surface area contributed by atoms with Crippen molar-refractivity contribution in [1.82, 2.24) is 19.3 Å². The van der Waals surface area contributed by atoms with Crippen LogP contribution in [0.5, 0.6) is 0 Å². The third-order valence-corrected chi connectivity index (χ3v) is 5.15. The first-order valence-corrected chi connectivity index (χ1v) is 8.65. The Kier molecular flexibility index (Phi) is 4.25. The van der Waals surface area contributed by atoms with Crippen LogP contribution in [0.25, 0.3) is 11.2 Å². The van der Waals surface area contributed by atoms with Gasteiger partial charge in [-0.25, -0.2) is 4.98 Å². The Bertz CT molecular complexity index is 620. The third-order valence-electron chi connectivity index (χ3n) is 4.91. The van der Waals surface area contributed by atoms with Crippen LogP contribution in [0.15, 0.2) is 0 Å². The van der Waals surface area contributed by atoms with Gasteiger partial charge in [0.2, 0.25) is 0 Å². The van der Waals surface area contributed by atoms with Crippen LogP contribution in [-0.4, -0.2) is 19.3 Å². The predicted octanol–water partition coefficient (Wildman–Crippen LogP) is 4.35. The number of nitrogens with zero attached hydrogens (tertiary/aromatic N) is 4. The lowest BCUT2D eigenvalue weighted by atomic mass is 9.83. The van der Waals surface area contributed by atoms with E-state index in [2.05, 4.69) is 16.6 Å². The van der Waals surface area contributed by atoms with Crippen molar-refractivity contribution in [2.75, 3.05) is 0 Å². The molecule has 0 saturated heterocycles. The maximum Gasteiger partial charge on any atom is 0.158 e. The molecule has 1 aliphatic carbocycles. The zero-order valence-electron chi connectivity index (χ0n) is 13.3. The van der Waals surface area contributed by atoms with E-state index in [0.717, 1.165) is 28.6 Å². The number of alkyl halides is 1. The van der Waals surface area contributed by atoms with Gasteiger partial charge in [-0.3, -0.25) is 4.68 Å². The highest BCUT2D eigenvalue weighted by atomic mass is 35.5. The second-order valence-electron chi connectivity index (χ2n) is 6.38. The van der Waals surface area contributed by atoms with Crippen LogP contribution < -0.4 is 0 Å². The van der Waals surface area contributed by atoms with Crippen molar-refractivity contribution in [3.05, 3.63) is 11.5 Å². The van der Waals surface area contributed by atoms with Gasteiger partial charge in [-0.05, 0) is 38.5 Å². The van der Waals surface area contributed by atoms with Crippen LogP contribution in [0, 0.1) is 12.8 Å². The van der Waals surface area contributed by atoms with E-state index in [1.807, 2.05) is 18.7 Å². The maximum atomic E-state index is 6.15. The summed E-state index contributed by atoms with van der Waals surface area (Å²) < 4.78 is 4.33. The number of hydrogen-bond acceptors (Lipinski definition) is 2. The van der Waals surface area contributed by atoms with E-state index in [0.29, 0.717) is 11.9 Å². The molecular weight excluding hydrogens is 284 g/mol. The first-order valence-electron chi connectivity index (χ1n) is 8.12. The lowest BCUT2D eigenvalue weighted by molar-refractivity contribution is 0.262. The minimum atomic E-state index is 0.475. The maximum absolute atomic E-state index is 6.15. The van der Waals surface area contributed by atoms with E-state index in [4.69, 9.17) is 16.6 Å². The molecule has 0 bridgehead atoms. The second kappa shape index (κ2) is 5.99. The normalized spacial score (nSPS) is 23.0. The number of aromatic nitrogens is 4. The summed E-state index contributed by atoms with van der Waals surface area (Å²) in [6, 6.07) is 0.534. The lowest BCUT2D eigenvalue weighted by Crippen LogP contribution is -2.20. The van der Waals surface area contributed by atoms with Crippen LogP contribution in [0.3, 0.4) is 0 Å². The van der Waals surface area contributed by atoms with Crippen molar-refractivity contribution in [2.45, 2.75) is 64.3 Å². The molecule has 5 heteroatoms. The van der Waals surface area contributed by atoms with E-state index in [-0.39, 0.29) is 0 Å². The fraction of sp³-hybridized carbons (Fsp3) is 0.750. The molecule has 3 rings (SSSR count). The molecule has 116 valence electrons. The van der Waals surface area contributed by atoms with Crippen LogP contribution in [0.2, 0.25) is 0 Å². The quantitative estimate of drug-likeness (QED) is 0.787. The lowest BCUT2D eigenvalue weighted by Gasteiger charge is -2.30. The monoisotopic (exact) mass is 308 g/mol. The van der Waals surface area contributed by atoms with Crippen molar-refractivity contribution in [3.63, 3.8) is 0 Å². The highest BCUT2D eigenvalue weighted by Crippen LogP contribution is 2.37. The van der Waals surface area contributed by atoms with Crippen molar-refractivity contribution >= 4 is 22.8 Å². The Labute approximate surface area is 131 Å². The summed E-state index contributed by atoms with van der Waals surface area (Å²) in [5.74, 6) is 2.39. The van der Waals surface area contributed by atoms with Gasteiger partial charge in [0.25, 0.3) is 0 Å². The number of aryl methyl sites for hydroxylation is 2. The minimum Gasteiger partial charge on any atom is -0.309 e. The number of halogens is 1. The second-order valence-corrected chi connectivity index (χ2v) is 6.64. The molecule has 0 aromatic carbocycles. The molecule has 0 amide bonds. The Morgan fingerprint density at radius 1 is 1.24 bits per heavy atom. The number of imidazole rings is 1. The molecule has 1 fully saturated rings. The molecule has 2 aromatic rings. The standard InChI is InChI=1S/C16H25ClN4/c1-4-5-12-6-8-13(9-7-12)21-14(10-17)18-15-11(2)19-20(3)16(15)21/h12-13H,4-10H2,1-3H3. The van der Waals surface area contributed by atoms with Gasteiger partial charge < -0.3 is 4.57 Å². The molecule has 0 unspecified atom stereocenters. The molecule has 21 heavy (non-hydrogen) atoms. The molecule has 0 radical (unpaired) electrons. The van der Waals surface area contributed by atoms with Crippen molar-refractivity contribution in [1.29, 1.82) is 0 Å². The van der Waals surface area contributed by atoms with Crippen LogP contribution in [-0.2, 0) is 12.9 Å².